The summed E-state index contributed by atoms with van der Waals surface area (Å²) in [5, 5.41) is 19.5. The first kappa shape index (κ1) is 13.1. The van der Waals surface area contributed by atoms with E-state index < -0.39 is 0 Å². The summed E-state index contributed by atoms with van der Waals surface area (Å²) in [4.78, 5) is 12.6. The molecule has 6 nitrogen and oxygen atoms in total. The summed E-state index contributed by atoms with van der Waals surface area (Å²) in [6.07, 6.45) is 0. The van der Waals surface area contributed by atoms with Crippen molar-refractivity contribution in [3.8, 4) is 23.0 Å². The van der Waals surface area contributed by atoms with Gasteiger partial charge in [0.2, 0.25) is 5.43 Å². The van der Waals surface area contributed by atoms with Gasteiger partial charge in [-0.2, -0.15) is 0 Å². The zero-order chi connectivity index (χ0) is 15.1. The maximum Gasteiger partial charge on any atom is 0.204 e. The fraction of sp³-hybridized carbons (Fsp3) is 0.133. The lowest BCUT2D eigenvalue weighted by atomic mass is 10.1. The van der Waals surface area contributed by atoms with Gasteiger partial charge in [-0.3, -0.25) is 4.79 Å². The van der Waals surface area contributed by atoms with Crippen molar-refractivity contribution in [2.24, 2.45) is 0 Å². The molecule has 0 bridgehead atoms. The molecule has 0 amide bonds. The summed E-state index contributed by atoms with van der Waals surface area (Å²) in [6, 6.07) is 5.49. The van der Waals surface area contributed by atoms with Crippen LogP contribution in [0.1, 0.15) is 0 Å². The first-order valence-corrected chi connectivity index (χ1v) is 6.09. The maximum atomic E-state index is 12.6. The Morgan fingerprint density at radius 2 is 1.67 bits per heavy atom. The molecule has 3 rings (SSSR count). The highest BCUT2D eigenvalue weighted by molar-refractivity contribution is 5.95. The molecule has 0 unspecified atom stereocenters. The second-order valence-corrected chi connectivity index (χ2v) is 4.47. The number of hydrogen-bond acceptors (Lipinski definition) is 6. The molecule has 6 heteroatoms. The molecule has 1 heterocycles. The highest BCUT2D eigenvalue weighted by Crippen LogP contribution is 2.34. The Morgan fingerprint density at radius 3 is 2.33 bits per heavy atom. The lowest BCUT2D eigenvalue weighted by molar-refractivity contribution is 0.396. The quantitative estimate of drug-likeness (QED) is 0.556. The predicted molar refractivity (Wildman–Crippen MR) is 76.4 cm³/mol. The molecule has 0 saturated heterocycles. The molecule has 0 fully saturated rings. The monoisotopic (exact) mass is 288 g/mol. The Bertz CT molecular complexity index is 910. The molecule has 0 spiro atoms. The Hall–Kier alpha value is -2.89. The molecule has 0 radical (unpaired) electrons. The van der Waals surface area contributed by atoms with Crippen molar-refractivity contribution in [2.45, 2.75) is 0 Å². The second kappa shape index (κ2) is 4.59. The number of phenols is 2. The minimum absolute atomic E-state index is 0.154. The van der Waals surface area contributed by atoms with E-state index in [-0.39, 0.29) is 38.9 Å². The van der Waals surface area contributed by atoms with Gasteiger partial charge in [0.15, 0.2) is 11.5 Å². The number of ether oxygens (including phenoxy) is 2. The van der Waals surface area contributed by atoms with Crippen LogP contribution in [0.4, 0.5) is 0 Å². The molecule has 0 aliphatic carbocycles. The van der Waals surface area contributed by atoms with Crippen LogP contribution in [0.25, 0.3) is 21.9 Å². The van der Waals surface area contributed by atoms with E-state index in [9.17, 15) is 15.0 Å². The third-order valence-corrected chi connectivity index (χ3v) is 3.26. The van der Waals surface area contributed by atoms with Gasteiger partial charge < -0.3 is 24.1 Å². The van der Waals surface area contributed by atoms with Crippen LogP contribution in [0.15, 0.2) is 33.5 Å². The number of methoxy groups -OCH3 is 2. The van der Waals surface area contributed by atoms with E-state index in [2.05, 4.69) is 0 Å². The van der Waals surface area contributed by atoms with E-state index in [1.807, 2.05) is 0 Å². The zero-order valence-corrected chi connectivity index (χ0v) is 11.3. The van der Waals surface area contributed by atoms with Crippen molar-refractivity contribution in [1.29, 1.82) is 0 Å². The van der Waals surface area contributed by atoms with E-state index in [0.717, 1.165) is 0 Å². The van der Waals surface area contributed by atoms with Gasteiger partial charge in [0, 0.05) is 18.2 Å². The first-order chi connectivity index (χ1) is 10.0. The summed E-state index contributed by atoms with van der Waals surface area (Å²) in [7, 11) is 2.93. The molecule has 0 saturated carbocycles. The van der Waals surface area contributed by atoms with Crippen LogP contribution in [-0.4, -0.2) is 24.4 Å². The van der Waals surface area contributed by atoms with Gasteiger partial charge >= 0.3 is 0 Å². The molecule has 0 aliphatic rings. The molecular formula is C15H12O6. The lowest BCUT2D eigenvalue weighted by Crippen LogP contribution is -2.04. The van der Waals surface area contributed by atoms with Gasteiger partial charge in [-0.25, -0.2) is 0 Å². The van der Waals surface area contributed by atoms with Crippen LogP contribution in [0.2, 0.25) is 0 Å². The van der Waals surface area contributed by atoms with Crippen molar-refractivity contribution in [3.63, 3.8) is 0 Å². The summed E-state index contributed by atoms with van der Waals surface area (Å²) < 4.78 is 15.9. The van der Waals surface area contributed by atoms with Crippen molar-refractivity contribution in [3.05, 3.63) is 34.5 Å². The van der Waals surface area contributed by atoms with Crippen LogP contribution < -0.4 is 14.9 Å². The first-order valence-electron chi connectivity index (χ1n) is 6.09. The van der Waals surface area contributed by atoms with E-state index in [4.69, 9.17) is 13.9 Å². The minimum atomic E-state index is -0.387. The SMILES string of the molecule is COc1cc(OC)c2c(=O)c3cc(O)c(O)cc3oc2c1. The lowest BCUT2D eigenvalue weighted by Gasteiger charge is -2.09. The van der Waals surface area contributed by atoms with Gasteiger partial charge in [-0.05, 0) is 6.07 Å². The Labute approximate surface area is 118 Å². The van der Waals surface area contributed by atoms with Gasteiger partial charge in [0.25, 0.3) is 0 Å². The number of phenolic OH excluding ortho intramolecular Hbond substituents is 2. The zero-order valence-electron chi connectivity index (χ0n) is 11.3. The van der Waals surface area contributed by atoms with Crippen molar-refractivity contribution < 1.29 is 24.1 Å². The Balaban J connectivity index is 2.53. The number of rotatable bonds is 2. The fourth-order valence-electron chi connectivity index (χ4n) is 2.22. The molecule has 1 aromatic heterocycles. The molecule has 2 N–H and O–H groups in total. The highest BCUT2D eigenvalue weighted by atomic mass is 16.5. The van der Waals surface area contributed by atoms with Crippen LogP contribution in [-0.2, 0) is 0 Å². The van der Waals surface area contributed by atoms with Crippen LogP contribution in [0.3, 0.4) is 0 Å². The van der Waals surface area contributed by atoms with Crippen molar-refractivity contribution in [2.75, 3.05) is 14.2 Å². The molecule has 0 aliphatic heterocycles. The van der Waals surface area contributed by atoms with E-state index in [0.29, 0.717) is 11.5 Å². The fourth-order valence-corrected chi connectivity index (χ4v) is 2.22. The van der Waals surface area contributed by atoms with Crippen LogP contribution in [0, 0.1) is 0 Å². The number of hydrogen-bond donors (Lipinski definition) is 2. The van der Waals surface area contributed by atoms with Gasteiger partial charge in [0.1, 0.15) is 28.1 Å². The summed E-state index contributed by atoms with van der Waals surface area (Å²) in [5.74, 6) is 0.0407. The normalized spacial score (nSPS) is 11.0. The number of fused-ring (bicyclic) bond motifs is 2. The third kappa shape index (κ3) is 1.92. The molecule has 108 valence electrons. The average molecular weight is 288 g/mol. The largest absolute Gasteiger partial charge is 0.504 e. The average Bonchev–Trinajstić information content (AvgIpc) is 2.48. The Kier molecular flexibility index (Phi) is 2.86. The number of aromatic hydroxyl groups is 2. The minimum Gasteiger partial charge on any atom is -0.504 e. The molecule has 2 aromatic carbocycles. The molecule has 0 atom stereocenters. The van der Waals surface area contributed by atoms with Crippen LogP contribution >= 0.6 is 0 Å². The second-order valence-electron chi connectivity index (χ2n) is 4.47. The smallest absolute Gasteiger partial charge is 0.204 e. The third-order valence-electron chi connectivity index (χ3n) is 3.26. The van der Waals surface area contributed by atoms with E-state index in [1.165, 1.54) is 26.4 Å². The van der Waals surface area contributed by atoms with Crippen LogP contribution in [0.5, 0.6) is 23.0 Å². The Morgan fingerprint density at radius 1 is 0.952 bits per heavy atom. The van der Waals surface area contributed by atoms with Gasteiger partial charge in [0.05, 0.1) is 19.6 Å². The predicted octanol–water partition coefficient (Wildman–Crippen LogP) is 2.37. The summed E-state index contributed by atoms with van der Waals surface area (Å²) >= 11 is 0. The summed E-state index contributed by atoms with van der Waals surface area (Å²) in [5.41, 5.74) is 0.0768. The van der Waals surface area contributed by atoms with Crippen molar-refractivity contribution >= 4 is 21.9 Å². The maximum absolute atomic E-state index is 12.6. The standard InChI is InChI=1S/C15H12O6/c1-19-7-3-12(20-2)14-13(4-7)21-11-6-10(17)9(16)5-8(11)15(14)18/h3-6,16-17H,1-2H3. The number of benzene rings is 2. The topological polar surface area (TPSA) is 89.1 Å². The van der Waals surface area contributed by atoms with E-state index in [1.54, 1.807) is 12.1 Å². The van der Waals surface area contributed by atoms with Crippen molar-refractivity contribution in [1.82, 2.24) is 0 Å². The summed E-state index contributed by atoms with van der Waals surface area (Å²) in [6.45, 7) is 0. The van der Waals surface area contributed by atoms with E-state index >= 15 is 0 Å². The highest BCUT2D eigenvalue weighted by Gasteiger charge is 2.16. The molecule has 21 heavy (non-hydrogen) atoms. The van der Waals surface area contributed by atoms with Gasteiger partial charge in [-0.15, -0.1) is 0 Å². The molecule has 3 aromatic rings. The molecular weight excluding hydrogens is 276 g/mol. The van der Waals surface area contributed by atoms with Gasteiger partial charge in [-0.1, -0.05) is 0 Å².